The lowest BCUT2D eigenvalue weighted by Crippen LogP contribution is -2.53. The molecule has 154 valence electrons. The van der Waals surface area contributed by atoms with Gasteiger partial charge in [0.1, 0.15) is 0 Å². The van der Waals surface area contributed by atoms with Crippen LogP contribution in [0.3, 0.4) is 0 Å². The van der Waals surface area contributed by atoms with E-state index < -0.39 is 8.32 Å². The largest absolute Gasteiger partial charge is 0.410 e. The Hall–Kier alpha value is -0.673. The Balaban J connectivity index is 1.47. The molecule has 5 rings (SSSR count). The van der Waals surface area contributed by atoms with Crippen LogP contribution in [0.1, 0.15) is 79.1 Å². The first-order valence-electron chi connectivity index (χ1n) is 11.6. The van der Waals surface area contributed by atoms with Crippen molar-refractivity contribution in [3.8, 4) is 0 Å². The predicted octanol–water partition coefficient (Wildman–Crippen LogP) is 6.58. The molecule has 2 nitrogen and oxygen atoms in total. The summed E-state index contributed by atoms with van der Waals surface area (Å²) in [6.07, 6.45) is 11.3. The first kappa shape index (κ1) is 19.3. The molecule has 0 heterocycles. The van der Waals surface area contributed by atoms with Crippen LogP contribution in [0, 0.1) is 23.2 Å². The van der Waals surface area contributed by atoms with E-state index in [1.807, 2.05) is 6.08 Å². The molecule has 3 fully saturated rings. The van der Waals surface area contributed by atoms with E-state index >= 15 is 0 Å². The first-order chi connectivity index (χ1) is 13.0. The van der Waals surface area contributed by atoms with Gasteiger partial charge in [-0.3, -0.25) is 4.79 Å². The van der Waals surface area contributed by atoms with Gasteiger partial charge in [0.05, 0.1) is 5.60 Å². The molecule has 5 atom stereocenters. The second-order valence-corrected chi connectivity index (χ2v) is 16.9. The Bertz CT molecular complexity index is 798. The van der Waals surface area contributed by atoms with Crippen molar-refractivity contribution in [1.82, 2.24) is 0 Å². The number of carbonyl (C=O) groups excluding carboxylic acids is 1. The molecule has 0 saturated heterocycles. The second kappa shape index (κ2) is 5.72. The minimum absolute atomic E-state index is 0.176. The van der Waals surface area contributed by atoms with Crippen LogP contribution >= 0.6 is 0 Å². The zero-order valence-corrected chi connectivity index (χ0v) is 19.8. The van der Waals surface area contributed by atoms with Gasteiger partial charge in [0, 0.05) is 6.42 Å². The molecule has 0 aromatic carbocycles. The number of hydrogen-bond acceptors (Lipinski definition) is 2. The summed E-state index contributed by atoms with van der Waals surface area (Å²) in [7, 11) is -1.76. The maximum absolute atomic E-state index is 11.9. The molecule has 0 N–H and O–H groups in total. The average molecular weight is 399 g/mol. The third kappa shape index (κ3) is 2.44. The molecular formula is C25H38O2Si. The van der Waals surface area contributed by atoms with E-state index in [2.05, 4.69) is 40.8 Å². The number of ketones is 1. The summed E-state index contributed by atoms with van der Waals surface area (Å²) in [5.41, 5.74) is 5.26. The molecule has 5 aliphatic carbocycles. The van der Waals surface area contributed by atoms with E-state index in [-0.39, 0.29) is 10.6 Å². The van der Waals surface area contributed by atoms with Gasteiger partial charge in [0.15, 0.2) is 14.1 Å². The number of carbonyl (C=O) groups is 1. The van der Waals surface area contributed by atoms with Gasteiger partial charge in [-0.1, -0.05) is 33.3 Å². The van der Waals surface area contributed by atoms with Gasteiger partial charge < -0.3 is 4.43 Å². The Morgan fingerprint density at radius 2 is 1.89 bits per heavy atom. The Morgan fingerprint density at radius 1 is 1.14 bits per heavy atom. The van der Waals surface area contributed by atoms with E-state index in [0.29, 0.717) is 11.2 Å². The molecule has 0 radical (unpaired) electrons. The lowest BCUT2D eigenvalue weighted by Gasteiger charge is -2.53. The van der Waals surface area contributed by atoms with E-state index in [4.69, 9.17) is 4.43 Å². The summed E-state index contributed by atoms with van der Waals surface area (Å²) in [5.74, 6) is 2.70. The number of allylic oxidation sites excluding steroid dienone is 4. The molecule has 0 aromatic heterocycles. The highest BCUT2D eigenvalue weighted by atomic mass is 28.4. The zero-order valence-electron chi connectivity index (χ0n) is 18.8. The van der Waals surface area contributed by atoms with Gasteiger partial charge in [-0.15, -0.1) is 0 Å². The molecule has 3 saturated carbocycles. The average Bonchev–Trinajstić information content (AvgIpc) is 3.23. The van der Waals surface area contributed by atoms with E-state index in [0.717, 1.165) is 37.0 Å². The lowest BCUT2D eigenvalue weighted by molar-refractivity contribution is -0.114. The molecule has 0 aliphatic heterocycles. The third-order valence-corrected chi connectivity index (χ3v) is 14.4. The maximum atomic E-state index is 11.9. The SMILES string of the molecule is CC(C)(C)[Si](C)(C)O[C@@]12C[C@@H]1C[C@H]1[C@@H]3CCC4=CC(=O)CCC4=C3CC[C@@]12C. The van der Waals surface area contributed by atoms with Gasteiger partial charge in [-0.25, -0.2) is 0 Å². The summed E-state index contributed by atoms with van der Waals surface area (Å²) in [4.78, 5) is 11.9. The molecular weight excluding hydrogens is 360 g/mol. The number of fused-ring (bicyclic) bond motifs is 6. The summed E-state index contributed by atoms with van der Waals surface area (Å²) in [6.45, 7) is 14.6. The van der Waals surface area contributed by atoms with Crippen LogP contribution in [0.25, 0.3) is 0 Å². The minimum atomic E-state index is -1.76. The van der Waals surface area contributed by atoms with Crippen LogP contribution in [0.5, 0.6) is 0 Å². The second-order valence-electron chi connectivity index (χ2n) is 12.2. The molecule has 3 heteroatoms. The molecule has 28 heavy (non-hydrogen) atoms. The highest BCUT2D eigenvalue weighted by molar-refractivity contribution is 6.74. The highest BCUT2D eigenvalue weighted by Crippen LogP contribution is 2.76. The zero-order chi connectivity index (χ0) is 20.1. The van der Waals surface area contributed by atoms with Crippen LogP contribution in [0.15, 0.2) is 22.8 Å². The Morgan fingerprint density at radius 3 is 2.61 bits per heavy atom. The highest BCUT2D eigenvalue weighted by Gasteiger charge is 2.76. The quantitative estimate of drug-likeness (QED) is 0.491. The summed E-state index contributed by atoms with van der Waals surface area (Å²) >= 11 is 0. The summed E-state index contributed by atoms with van der Waals surface area (Å²) in [6, 6.07) is 0. The van der Waals surface area contributed by atoms with Crippen LogP contribution in [-0.2, 0) is 9.22 Å². The van der Waals surface area contributed by atoms with E-state index in [1.54, 1.807) is 11.1 Å². The summed E-state index contributed by atoms with van der Waals surface area (Å²) in [5, 5.41) is 0.282. The first-order valence-corrected chi connectivity index (χ1v) is 14.6. The lowest BCUT2D eigenvalue weighted by atomic mass is 9.55. The molecule has 0 spiro atoms. The van der Waals surface area contributed by atoms with Gasteiger partial charge in [0.2, 0.25) is 0 Å². The predicted molar refractivity (Wildman–Crippen MR) is 117 cm³/mol. The molecule has 0 aromatic rings. The van der Waals surface area contributed by atoms with Crippen molar-refractivity contribution in [2.45, 2.75) is 103 Å². The van der Waals surface area contributed by atoms with Crippen molar-refractivity contribution in [2.75, 3.05) is 0 Å². The number of hydrogen-bond donors (Lipinski definition) is 0. The molecule has 5 aliphatic rings. The smallest absolute Gasteiger partial charge is 0.192 e. The monoisotopic (exact) mass is 398 g/mol. The fraction of sp³-hybridized carbons (Fsp3) is 0.800. The number of rotatable bonds is 2. The van der Waals surface area contributed by atoms with Crippen molar-refractivity contribution >= 4 is 14.1 Å². The fourth-order valence-corrected chi connectivity index (χ4v) is 8.95. The maximum Gasteiger partial charge on any atom is 0.192 e. The Labute approximate surface area is 172 Å². The standard InChI is InChI=1S/C25H38O2Si/c1-23(2,3)28(5,6)27-25-15-17(25)14-22-21-9-7-16-13-18(26)8-10-19(16)20(21)11-12-24(22,25)4/h13,17,21-22H,7-12,14-15H2,1-6H3/t17-,21+,22-,24-,25-/m0/s1. The van der Waals surface area contributed by atoms with Crippen molar-refractivity contribution in [3.05, 3.63) is 22.8 Å². The summed E-state index contributed by atoms with van der Waals surface area (Å²) < 4.78 is 7.26. The van der Waals surface area contributed by atoms with Crippen molar-refractivity contribution in [1.29, 1.82) is 0 Å². The fourth-order valence-electron chi connectivity index (χ4n) is 7.25. The van der Waals surface area contributed by atoms with Crippen molar-refractivity contribution in [2.24, 2.45) is 23.2 Å². The normalized spacial score (nSPS) is 42.4. The topological polar surface area (TPSA) is 26.3 Å². The van der Waals surface area contributed by atoms with E-state index in [9.17, 15) is 4.79 Å². The van der Waals surface area contributed by atoms with Gasteiger partial charge >= 0.3 is 0 Å². The van der Waals surface area contributed by atoms with Crippen LogP contribution in [-0.4, -0.2) is 19.7 Å². The minimum Gasteiger partial charge on any atom is -0.410 e. The Kier molecular flexibility index (Phi) is 3.94. The van der Waals surface area contributed by atoms with Gasteiger partial charge in [0.25, 0.3) is 0 Å². The van der Waals surface area contributed by atoms with Crippen LogP contribution < -0.4 is 0 Å². The molecule has 0 amide bonds. The van der Waals surface area contributed by atoms with Crippen molar-refractivity contribution < 1.29 is 9.22 Å². The van der Waals surface area contributed by atoms with Crippen LogP contribution in [0.2, 0.25) is 18.1 Å². The molecule has 0 bridgehead atoms. The van der Waals surface area contributed by atoms with Crippen LogP contribution in [0.4, 0.5) is 0 Å². The third-order valence-electron chi connectivity index (χ3n) is 9.92. The van der Waals surface area contributed by atoms with Crippen molar-refractivity contribution in [3.63, 3.8) is 0 Å². The van der Waals surface area contributed by atoms with Gasteiger partial charge in [-0.05, 0) is 103 Å². The van der Waals surface area contributed by atoms with Gasteiger partial charge in [-0.2, -0.15) is 0 Å². The van der Waals surface area contributed by atoms with E-state index in [1.165, 1.54) is 37.7 Å². The molecule has 0 unspecified atom stereocenters.